The molecule has 1 heterocycles. The molecule has 0 aliphatic rings. The zero-order chi connectivity index (χ0) is 12.1. The molecule has 90 valence electrons. The van der Waals surface area contributed by atoms with Crippen LogP contribution in [0.1, 0.15) is 11.1 Å². The Labute approximate surface area is 119 Å². The standard InChI is InChI=1S/C13H12BrClOS/c14-12-7-11(8-15)1-2-13(12)16-5-3-10-4-6-17-9-10/h1-2,4,6-7,9H,3,5,8H2. The largest absolute Gasteiger partial charge is 0.492 e. The van der Waals surface area contributed by atoms with Gasteiger partial charge in [0.05, 0.1) is 11.1 Å². The lowest BCUT2D eigenvalue weighted by atomic mass is 10.2. The summed E-state index contributed by atoms with van der Waals surface area (Å²) in [6.07, 6.45) is 0.938. The van der Waals surface area contributed by atoms with Crippen molar-refractivity contribution in [3.05, 3.63) is 50.6 Å². The molecule has 0 fully saturated rings. The van der Waals surface area contributed by atoms with E-state index in [1.165, 1.54) is 5.56 Å². The molecule has 0 saturated carbocycles. The number of thiophene rings is 1. The second-order valence-corrected chi connectivity index (χ2v) is 5.53. The quantitative estimate of drug-likeness (QED) is 0.710. The van der Waals surface area contributed by atoms with Crippen LogP contribution in [-0.2, 0) is 12.3 Å². The zero-order valence-electron chi connectivity index (χ0n) is 9.16. The van der Waals surface area contributed by atoms with Gasteiger partial charge < -0.3 is 4.74 Å². The molecule has 0 radical (unpaired) electrons. The molecule has 0 spiro atoms. The molecular formula is C13H12BrClOS. The molecule has 0 aliphatic carbocycles. The molecule has 0 aliphatic heterocycles. The van der Waals surface area contributed by atoms with Crippen LogP contribution in [0.15, 0.2) is 39.5 Å². The van der Waals surface area contributed by atoms with E-state index < -0.39 is 0 Å². The van der Waals surface area contributed by atoms with E-state index in [1.54, 1.807) is 11.3 Å². The van der Waals surface area contributed by atoms with Crippen LogP contribution in [0.25, 0.3) is 0 Å². The fraction of sp³-hybridized carbons (Fsp3) is 0.231. The minimum absolute atomic E-state index is 0.522. The zero-order valence-corrected chi connectivity index (χ0v) is 12.3. The number of hydrogen-bond acceptors (Lipinski definition) is 2. The number of alkyl halides is 1. The van der Waals surface area contributed by atoms with Gasteiger partial charge >= 0.3 is 0 Å². The van der Waals surface area contributed by atoms with Gasteiger partial charge in [0.25, 0.3) is 0 Å². The first-order chi connectivity index (χ1) is 8.29. The number of rotatable bonds is 5. The van der Waals surface area contributed by atoms with E-state index >= 15 is 0 Å². The van der Waals surface area contributed by atoms with E-state index in [9.17, 15) is 0 Å². The summed E-state index contributed by atoms with van der Waals surface area (Å²) in [5, 5.41) is 4.23. The monoisotopic (exact) mass is 330 g/mol. The summed E-state index contributed by atoms with van der Waals surface area (Å²) >= 11 is 11.0. The molecule has 0 N–H and O–H groups in total. The van der Waals surface area contributed by atoms with Crippen LogP contribution in [-0.4, -0.2) is 6.61 Å². The minimum Gasteiger partial charge on any atom is -0.492 e. The summed E-state index contributed by atoms with van der Waals surface area (Å²) in [5.74, 6) is 1.39. The first-order valence-electron chi connectivity index (χ1n) is 5.28. The van der Waals surface area contributed by atoms with Crippen LogP contribution >= 0.6 is 38.9 Å². The lowest BCUT2D eigenvalue weighted by molar-refractivity contribution is 0.320. The molecule has 2 aromatic rings. The average molecular weight is 332 g/mol. The number of halogens is 2. The van der Waals surface area contributed by atoms with Crippen LogP contribution in [0.4, 0.5) is 0 Å². The van der Waals surface area contributed by atoms with Crippen LogP contribution in [0.5, 0.6) is 5.75 Å². The van der Waals surface area contributed by atoms with Gasteiger partial charge in [-0.15, -0.1) is 11.6 Å². The predicted molar refractivity (Wildman–Crippen MR) is 77.2 cm³/mol. The maximum atomic E-state index is 5.76. The first-order valence-corrected chi connectivity index (χ1v) is 7.55. The van der Waals surface area contributed by atoms with Crippen molar-refractivity contribution in [3.63, 3.8) is 0 Å². The summed E-state index contributed by atoms with van der Waals surface area (Å²) in [6, 6.07) is 8.06. The van der Waals surface area contributed by atoms with Crippen molar-refractivity contribution in [2.75, 3.05) is 6.61 Å². The Kier molecular flexibility index (Phi) is 4.89. The molecule has 0 amide bonds. The van der Waals surface area contributed by atoms with E-state index in [0.29, 0.717) is 12.5 Å². The summed E-state index contributed by atoms with van der Waals surface area (Å²) < 4.78 is 6.68. The topological polar surface area (TPSA) is 9.23 Å². The smallest absolute Gasteiger partial charge is 0.133 e. The third-order valence-electron chi connectivity index (χ3n) is 2.38. The Bertz CT molecular complexity index is 470. The van der Waals surface area contributed by atoms with Crippen molar-refractivity contribution < 1.29 is 4.74 Å². The van der Waals surface area contributed by atoms with Gasteiger partial charge in [-0.05, 0) is 56.0 Å². The number of ether oxygens (including phenoxy) is 1. The van der Waals surface area contributed by atoms with E-state index in [4.69, 9.17) is 16.3 Å². The number of benzene rings is 1. The first kappa shape index (κ1) is 12.9. The second kappa shape index (κ2) is 6.43. The molecule has 0 unspecified atom stereocenters. The normalized spacial score (nSPS) is 10.5. The Morgan fingerprint density at radius 3 is 2.76 bits per heavy atom. The third kappa shape index (κ3) is 3.73. The summed E-state index contributed by atoms with van der Waals surface area (Å²) in [7, 11) is 0. The van der Waals surface area contributed by atoms with Gasteiger partial charge in [-0.25, -0.2) is 0 Å². The maximum absolute atomic E-state index is 5.76. The van der Waals surface area contributed by atoms with Gasteiger partial charge in [-0.3, -0.25) is 0 Å². The fourth-order valence-corrected chi connectivity index (χ4v) is 2.87. The van der Waals surface area contributed by atoms with Crippen molar-refractivity contribution in [3.8, 4) is 5.75 Å². The Morgan fingerprint density at radius 1 is 1.24 bits per heavy atom. The molecule has 4 heteroatoms. The molecule has 0 atom stereocenters. The lowest BCUT2D eigenvalue weighted by Gasteiger charge is -2.08. The van der Waals surface area contributed by atoms with Gasteiger partial charge in [-0.2, -0.15) is 11.3 Å². The van der Waals surface area contributed by atoms with Crippen LogP contribution in [0.3, 0.4) is 0 Å². The molecule has 1 aromatic carbocycles. The summed E-state index contributed by atoms with van der Waals surface area (Å²) in [4.78, 5) is 0. The van der Waals surface area contributed by atoms with Crippen LogP contribution in [0, 0.1) is 0 Å². The van der Waals surface area contributed by atoms with E-state index in [-0.39, 0.29) is 0 Å². The molecule has 17 heavy (non-hydrogen) atoms. The highest BCUT2D eigenvalue weighted by Crippen LogP contribution is 2.26. The van der Waals surface area contributed by atoms with Gasteiger partial charge in [0.1, 0.15) is 5.75 Å². The average Bonchev–Trinajstić information content (AvgIpc) is 2.84. The predicted octanol–water partition coefficient (Wildman–Crippen LogP) is 4.87. The maximum Gasteiger partial charge on any atom is 0.133 e. The van der Waals surface area contributed by atoms with Gasteiger partial charge in [0.2, 0.25) is 0 Å². The Morgan fingerprint density at radius 2 is 2.12 bits per heavy atom. The van der Waals surface area contributed by atoms with E-state index in [0.717, 1.165) is 22.2 Å². The van der Waals surface area contributed by atoms with Crippen LogP contribution in [0.2, 0.25) is 0 Å². The highest BCUT2D eigenvalue weighted by atomic mass is 79.9. The summed E-state index contributed by atoms with van der Waals surface area (Å²) in [5.41, 5.74) is 2.41. The molecule has 1 aromatic heterocycles. The van der Waals surface area contributed by atoms with Crippen LogP contribution < -0.4 is 4.74 Å². The van der Waals surface area contributed by atoms with Crippen molar-refractivity contribution >= 4 is 38.9 Å². The third-order valence-corrected chi connectivity index (χ3v) is 4.04. The molecular weight excluding hydrogens is 320 g/mol. The molecule has 1 nitrogen and oxygen atoms in total. The van der Waals surface area contributed by atoms with Gasteiger partial charge in [-0.1, -0.05) is 6.07 Å². The fourth-order valence-electron chi connectivity index (χ4n) is 1.46. The van der Waals surface area contributed by atoms with Crippen molar-refractivity contribution in [2.24, 2.45) is 0 Å². The van der Waals surface area contributed by atoms with E-state index in [2.05, 4.69) is 32.8 Å². The van der Waals surface area contributed by atoms with Gasteiger partial charge in [0.15, 0.2) is 0 Å². The second-order valence-electron chi connectivity index (χ2n) is 3.63. The lowest BCUT2D eigenvalue weighted by Crippen LogP contribution is -2.01. The SMILES string of the molecule is ClCc1ccc(OCCc2ccsc2)c(Br)c1. The number of hydrogen-bond donors (Lipinski definition) is 0. The van der Waals surface area contributed by atoms with Crippen molar-refractivity contribution in [2.45, 2.75) is 12.3 Å². The molecule has 2 rings (SSSR count). The highest BCUT2D eigenvalue weighted by molar-refractivity contribution is 9.10. The highest BCUT2D eigenvalue weighted by Gasteiger charge is 2.02. The minimum atomic E-state index is 0.522. The van der Waals surface area contributed by atoms with E-state index in [1.807, 2.05) is 18.2 Å². The van der Waals surface area contributed by atoms with Gasteiger partial charge in [0, 0.05) is 12.3 Å². The molecule has 0 saturated heterocycles. The Balaban J connectivity index is 1.90. The van der Waals surface area contributed by atoms with Crippen molar-refractivity contribution in [1.82, 2.24) is 0 Å². The Hall–Kier alpha value is -0.510. The summed E-state index contributed by atoms with van der Waals surface area (Å²) in [6.45, 7) is 0.690. The van der Waals surface area contributed by atoms with Crippen molar-refractivity contribution in [1.29, 1.82) is 0 Å². The molecule has 0 bridgehead atoms.